The van der Waals surface area contributed by atoms with Crippen LogP contribution in [-0.4, -0.2) is 19.9 Å². The molecule has 0 aliphatic heterocycles. The topological polar surface area (TPSA) is 51.6 Å². The molecule has 0 bridgehead atoms. The summed E-state index contributed by atoms with van der Waals surface area (Å²) >= 11 is 0. The monoisotopic (exact) mass is 578 g/mol. The van der Waals surface area contributed by atoms with Gasteiger partial charge in [0.1, 0.15) is 0 Å². The summed E-state index contributed by atoms with van der Waals surface area (Å²) in [4.78, 5) is 19.1. The average Bonchev–Trinajstić information content (AvgIpc) is 3.35. The van der Waals surface area contributed by atoms with E-state index >= 15 is 0 Å². The predicted molar refractivity (Wildman–Crippen MR) is 182 cm³/mol. The van der Waals surface area contributed by atoms with Gasteiger partial charge in [-0.15, -0.1) is 0 Å². The van der Waals surface area contributed by atoms with E-state index in [-0.39, 0.29) is 5.41 Å². The van der Waals surface area contributed by atoms with Gasteiger partial charge in [0, 0.05) is 34.5 Å². The Hall–Kier alpha value is -5.74. The van der Waals surface area contributed by atoms with Crippen molar-refractivity contribution in [1.29, 1.82) is 0 Å². The maximum Gasteiger partial charge on any atom is 0.164 e. The fourth-order valence-corrected chi connectivity index (χ4v) is 6.49. The van der Waals surface area contributed by atoms with E-state index in [0.717, 1.165) is 27.8 Å². The van der Waals surface area contributed by atoms with Crippen molar-refractivity contribution in [2.45, 2.75) is 19.3 Å². The minimum absolute atomic E-state index is 0.0345. The van der Waals surface area contributed by atoms with Crippen LogP contribution in [0.15, 0.2) is 146 Å². The molecule has 0 saturated carbocycles. The Labute approximate surface area is 263 Å². The highest BCUT2D eigenvalue weighted by molar-refractivity contribution is 5.92. The van der Waals surface area contributed by atoms with Crippen molar-refractivity contribution in [3.05, 3.63) is 157 Å². The Morgan fingerprint density at radius 2 is 0.911 bits per heavy atom. The molecule has 0 N–H and O–H groups in total. The zero-order valence-electron chi connectivity index (χ0n) is 25.1. The van der Waals surface area contributed by atoms with Crippen LogP contribution >= 0.6 is 0 Å². The standard InChI is InChI=1S/C41H30N4/c1-41(2)35-15-7-6-13-34(35)37-33(14-8-16-36(37)41)28-19-23-31(24-20-28)40-44-38(29-10-4-3-5-11-29)43-39(45-40)30-21-17-27(18-22-30)32-12-9-25-42-26-32/h3-26H,1-2H3. The predicted octanol–water partition coefficient (Wildman–Crippen LogP) is 9.91. The van der Waals surface area contributed by atoms with E-state index in [4.69, 9.17) is 15.0 Å². The highest BCUT2D eigenvalue weighted by Gasteiger charge is 2.36. The van der Waals surface area contributed by atoms with Crippen molar-refractivity contribution in [3.8, 4) is 67.5 Å². The summed E-state index contributed by atoms with van der Waals surface area (Å²) in [6, 6.07) is 46.5. The lowest BCUT2D eigenvalue weighted by atomic mass is 9.82. The number of nitrogens with zero attached hydrogens (tertiary/aromatic N) is 4. The molecule has 0 fully saturated rings. The largest absolute Gasteiger partial charge is 0.264 e. The molecule has 4 heteroatoms. The molecule has 0 unspecified atom stereocenters. The molecule has 8 rings (SSSR count). The summed E-state index contributed by atoms with van der Waals surface area (Å²) in [7, 11) is 0. The zero-order valence-corrected chi connectivity index (χ0v) is 25.1. The van der Waals surface area contributed by atoms with Crippen molar-refractivity contribution in [3.63, 3.8) is 0 Å². The van der Waals surface area contributed by atoms with Gasteiger partial charge in [0.25, 0.3) is 0 Å². The van der Waals surface area contributed by atoms with Gasteiger partial charge in [0.15, 0.2) is 17.5 Å². The lowest BCUT2D eigenvalue weighted by Gasteiger charge is -2.21. The van der Waals surface area contributed by atoms with Gasteiger partial charge in [-0.1, -0.05) is 141 Å². The minimum atomic E-state index is -0.0345. The first-order valence-electron chi connectivity index (χ1n) is 15.2. The summed E-state index contributed by atoms with van der Waals surface area (Å²) < 4.78 is 0. The van der Waals surface area contributed by atoms with Gasteiger partial charge in [-0.3, -0.25) is 4.98 Å². The number of benzene rings is 5. The molecule has 2 heterocycles. The molecule has 5 aromatic carbocycles. The summed E-state index contributed by atoms with van der Waals surface area (Å²) in [6.07, 6.45) is 3.66. The maximum absolute atomic E-state index is 4.98. The van der Waals surface area contributed by atoms with Gasteiger partial charge in [0.05, 0.1) is 0 Å². The summed E-state index contributed by atoms with van der Waals surface area (Å²) in [5, 5.41) is 0. The molecular formula is C41H30N4. The third-order valence-corrected chi connectivity index (χ3v) is 8.87. The van der Waals surface area contributed by atoms with Crippen LogP contribution in [0.2, 0.25) is 0 Å². The van der Waals surface area contributed by atoms with Crippen LogP contribution in [0.3, 0.4) is 0 Å². The van der Waals surface area contributed by atoms with Crippen LogP contribution in [0.25, 0.3) is 67.5 Å². The van der Waals surface area contributed by atoms with Crippen LogP contribution in [-0.2, 0) is 5.41 Å². The van der Waals surface area contributed by atoms with E-state index in [1.807, 2.05) is 42.6 Å². The summed E-state index contributed by atoms with van der Waals surface area (Å²) in [5.41, 5.74) is 12.8. The number of hydrogen-bond acceptors (Lipinski definition) is 4. The number of pyridine rings is 1. The Balaban J connectivity index is 1.20. The highest BCUT2D eigenvalue weighted by Crippen LogP contribution is 2.51. The Kier molecular flexibility index (Phi) is 6.42. The zero-order chi connectivity index (χ0) is 30.4. The second kappa shape index (κ2) is 10.8. The van der Waals surface area contributed by atoms with Crippen LogP contribution in [0, 0.1) is 0 Å². The molecule has 214 valence electrons. The molecule has 45 heavy (non-hydrogen) atoms. The van der Waals surface area contributed by atoms with E-state index in [9.17, 15) is 0 Å². The van der Waals surface area contributed by atoms with E-state index in [2.05, 4.69) is 116 Å². The van der Waals surface area contributed by atoms with Crippen LogP contribution in [0.5, 0.6) is 0 Å². The van der Waals surface area contributed by atoms with Gasteiger partial charge < -0.3 is 0 Å². The van der Waals surface area contributed by atoms with Crippen molar-refractivity contribution >= 4 is 0 Å². The molecule has 1 aliphatic carbocycles. The Bertz CT molecular complexity index is 2150. The number of aromatic nitrogens is 4. The van der Waals surface area contributed by atoms with Crippen LogP contribution in [0.4, 0.5) is 0 Å². The third-order valence-electron chi connectivity index (χ3n) is 8.87. The van der Waals surface area contributed by atoms with E-state index < -0.39 is 0 Å². The first-order chi connectivity index (χ1) is 22.1. The maximum atomic E-state index is 4.98. The fourth-order valence-electron chi connectivity index (χ4n) is 6.49. The van der Waals surface area contributed by atoms with Crippen LogP contribution in [0.1, 0.15) is 25.0 Å². The Morgan fingerprint density at radius 1 is 0.400 bits per heavy atom. The number of fused-ring (bicyclic) bond motifs is 3. The van der Waals surface area contributed by atoms with Gasteiger partial charge >= 0.3 is 0 Å². The normalized spacial score (nSPS) is 12.8. The van der Waals surface area contributed by atoms with Gasteiger partial charge in [-0.2, -0.15) is 0 Å². The molecule has 0 atom stereocenters. The number of hydrogen-bond donors (Lipinski definition) is 0. The molecule has 1 aliphatic rings. The molecule has 0 spiro atoms. The molecular weight excluding hydrogens is 548 g/mol. The second-order valence-electron chi connectivity index (χ2n) is 12.0. The van der Waals surface area contributed by atoms with Gasteiger partial charge in [-0.05, 0) is 50.6 Å². The van der Waals surface area contributed by atoms with Crippen LogP contribution < -0.4 is 0 Å². The second-order valence-corrected chi connectivity index (χ2v) is 12.0. The minimum Gasteiger partial charge on any atom is -0.264 e. The van der Waals surface area contributed by atoms with E-state index in [1.165, 1.54) is 33.4 Å². The SMILES string of the molecule is CC1(C)c2ccccc2-c2c(-c3ccc(-c4nc(-c5ccccc5)nc(-c5ccc(-c6cccnc6)cc5)n4)cc3)cccc21. The van der Waals surface area contributed by atoms with E-state index in [1.54, 1.807) is 6.20 Å². The molecule has 2 aromatic heterocycles. The lowest BCUT2D eigenvalue weighted by molar-refractivity contribution is 0.660. The van der Waals surface area contributed by atoms with E-state index in [0.29, 0.717) is 17.5 Å². The molecule has 0 amide bonds. The molecule has 0 radical (unpaired) electrons. The van der Waals surface area contributed by atoms with Crippen molar-refractivity contribution < 1.29 is 0 Å². The highest BCUT2D eigenvalue weighted by atomic mass is 15.0. The van der Waals surface area contributed by atoms with Gasteiger partial charge in [0.2, 0.25) is 0 Å². The molecule has 7 aromatic rings. The summed E-state index contributed by atoms with van der Waals surface area (Å²) in [6.45, 7) is 4.64. The average molecular weight is 579 g/mol. The third kappa shape index (κ3) is 4.72. The molecule has 4 nitrogen and oxygen atoms in total. The quantitative estimate of drug-likeness (QED) is 0.204. The smallest absolute Gasteiger partial charge is 0.164 e. The van der Waals surface area contributed by atoms with Crippen molar-refractivity contribution in [2.24, 2.45) is 0 Å². The lowest BCUT2D eigenvalue weighted by Crippen LogP contribution is -2.14. The molecule has 0 saturated heterocycles. The first-order valence-corrected chi connectivity index (χ1v) is 15.2. The fraction of sp³-hybridized carbons (Fsp3) is 0.0732. The Morgan fingerprint density at radius 3 is 1.56 bits per heavy atom. The van der Waals surface area contributed by atoms with Gasteiger partial charge in [-0.25, -0.2) is 15.0 Å². The number of rotatable bonds is 5. The van der Waals surface area contributed by atoms with Crippen molar-refractivity contribution in [1.82, 2.24) is 19.9 Å². The summed E-state index contributed by atoms with van der Waals surface area (Å²) in [5.74, 6) is 1.93. The first kappa shape index (κ1) is 26.9. The van der Waals surface area contributed by atoms with Crippen molar-refractivity contribution in [2.75, 3.05) is 0 Å².